The molecule has 0 bridgehead atoms. The third-order valence-electron chi connectivity index (χ3n) is 1.18. The van der Waals surface area contributed by atoms with Crippen LogP contribution in [0, 0.1) is 0 Å². The van der Waals surface area contributed by atoms with Crippen LogP contribution in [0.1, 0.15) is 10.4 Å². The summed E-state index contributed by atoms with van der Waals surface area (Å²) in [7, 11) is 0. The topological polar surface area (TPSA) is 48.6 Å². The van der Waals surface area contributed by atoms with Crippen molar-refractivity contribution in [2.24, 2.45) is 0 Å². The zero-order chi connectivity index (χ0) is 7.56. The Hall–Kier alpha value is 0.0751. The van der Waals surface area contributed by atoms with Crippen molar-refractivity contribution in [1.29, 1.82) is 0 Å². The van der Waals surface area contributed by atoms with Gasteiger partial charge in [0.1, 0.15) is 0 Å². The minimum atomic E-state index is -0.381. The minimum absolute atomic E-state index is 0. The van der Waals surface area contributed by atoms with Gasteiger partial charge in [0.2, 0.25) is 0 Å². The number of hydrogen-bond acceptors (Lipinski definition) is 1. The summed E-state index contributed by atoms with van der Waals surface area (Å²) < 4.78 is 1.32. The predicted molar refractivity (Wildman–Crippen MR) is 39.9 cm³/mol. The normalized spacial score (nSPS) is 8.64. The Morgan fingerprint density at radius 1 is 1.27 bits per heavy atom. The zero-order valence-electron chi connectivity index (χ0n) is 5.80. The number of rotatable bonds is 1. The fraction of sp³-hybridized carbons (Fsp3) is 0. The van der Waals surface area contributed by atoms with Gasteiger partial charge in [0.15, 0.2) is 0 Å². The van der Waals surface area contributed by atoms with Crippen LogP contribution < -0.4 is 3.07 Å². The average Bonchev–Trinajstić information content (AvgIpc) is 1.88. The summed E-state index contributed by atoms with van der Waals surface area (Å²) in [6, 6.07) is 7.41. The SMILES string of the molecule is O.O=C(Cl)c1cc[c]([Hg])cc1. The van der Waals surface area contributed by atoms with E-state index in [1.54, 1.807) is 12.1 Å². The quantitative estimate of drug-likeness (QED) is 0.530. The second kappa shape index (κ2) is 4.85. The van der Waals surface area contributed by atoms with Crippen LogP contribution in [0.5, 0.6) is 0 Å². The van der Waals surface area contributed by atoms with Crippen LogP contribution in [-0.2, 0) is 26.1 Å². The van der Waals surface area contributed by atoms with Crippen molar-refractivity contribution in [3.8, 4) is 0 Å². The Morgan fingerprint density at radius 3 is 2.09 bits per heavy atom. The van der Waals surface area contributed by atoms with Crippen molar-refractivity contribution < 1.29 is 36.4 Å². The van der Waals surface area contributed by atoms with Gasteiger partial charge in [0.05, 0.1) is 0 Å². The summed E-state index contributed by atoms with van der Waals surface area (Å²) >= 11 is 5.87. The maximum absolute atomic E-state index is 10.5. The van der Waals surface area contributed by atoms with Gasteiger partial charge in [-0.05, 0) is 0 Å². The van der Waals surface area contributed by atoms with Crippen molar-refractivity contribution in [3.63, 3.8) is 0 Å². The fourth-order valence-electron chi connectivity index (χ4n) is 0.636. The molecule has 4 heteroatoms. The van der Waals surface area contributed by atoms with E-state index in [9.17, 15) is 4.79 Å². The van der Waals surface area contributed by atoms with Crippen LogP contribution in [0.3, 0.4) is 0 Å². The molecule has 0 aliphatic carbocycles. The Labute approximate surface area is 85.8 Å². The number of benzene rings is 1. The standard InChI is InChI=1S/C7H4ClO.Hg.H2O/c8-7(9)6-4-2-1-3-5-6;;/h2-5H;;1H2. The van der Waals surface area contributed by atoms with Crippen LogP contribution in [0.15, 0.2) is 24.3 Å². The van der Waals surface area contributed by atoms with Crippen molar-refractivity contribution in [2.45, 2.75) is 0 Å². The molecule has 0 radical (unpaired) electrons. The molecule has 0 spiro atoms. The molecule has 0 aromatic heterocycles. The third-order valence-corrected chi connectivity index (χ3v) is 3.23. The molecular formula is C7H6ClHgO2. The van der Waals surface area contributed by atoms with E-state index in [4.69, 9.17) is 11.6 Å². The molecule has 2 nitrogen and oxygen atoms in total. The summed E-state index contributed by atoms with van der Waals surface area (Å²) in [5.41, 5.74) is 0.580. The van der Waals surface area contributed by atoms with Gasteiger partial charge in [-0.1, -0.05) is 0 Å². The van der Waals surface area contributed by atoms with Crippen molar-refractivity contribution in [3.05, 3.63) is 29.8 Å². The Bertz CT molecular complexity index is 245. The molecule has 0 unspecified atom stereocenters. The van der Waals surface area contributed by atoms with Crippen LogP contribution in [0.2, 0.25) is 0 Å². The molecule has 0 fully saturated rings. The van der Waals surface area contributed by atoms with Crippen LogP contribution in [0.25, 0.3) is 0 Å². The van der Waals surface area contributed by atoms with Crippen LogP contribution >= 0.6 is 11.6 Å². The molecule has 1 aromatic carbocycles. The second-order valence-corrected chi connectivity index (χ2v) is 5.49. The van der Waals surface area contributed by atoms with Gasteiger partial charge in [0, 0.05) is 0 Å². The average molecular weight is 358 g/mol. The molecule has 0 saturated heterocycles. The molecule has 55 valence electrons. The first-order valence-electron chi connectivity index (χ1n) is 2.82. The van der Waals surface area contributed by atoms with Gasteiger partial charge in [-0.3, -0.25) is 0 Å². The van der Waals surface area contributed by atoms with E-state index in [1.807, 2.05) is 12.1 Å². The molecule has 11 heavy (non-hydrogen) atoms. The van der Waals surface area contributed by atoms with Crippen LogP contribution in [-0.4, -0.2) is 10.7 Å². The van der Waals surface area contributed by atoms with E-state index in [0.29, 0.717) is 31.7 Å². The Balaban J connectivity index is 0.000001000. The molecule has 1 aromatic rings. The molecule has 0 saturated carbocycles. The van der Waals surface area contributed by atoms with E-state index < -0.39 is 0 Å². The van der Waals surface area contributed by atoms with Gasteiger partial charge in [-0.2, -0.15) is 0 Å². The van der Waals surface area contributed by atoms with E-state index in [-0.39, 0.29) is 10.7 Å². The number of carbonyl (C=O) groups excluding carboxylic acids is 1. The fourth-order valence-corrected chi connectivity index (χ4v) is 1.68. The predicted octanol–water partition coefficient (Wildman–Crippen LogP) is 0.413. The van der Waals surface area contributed by atoms with Gasteiger partial charge in [-0.25, -0.2) is 0 Å². The van der Waals surface area contributed by atoms with E-state index in [0.717, 1.165) is 0 Å². The summed E-state index contributed by atoms with van der Waals surface area (Å²) in [6.07, 6.45) is 0. The van der Waals surface area contributed by atoms with Gasteiger partial charge >= 0.3 is 80.7 Å². The number of carbonyl (C=O) groups is 1. The molecular weight excluding hydrogens is 352 g/mol. The maximum atomic E-state index is 10.5. The van der Waals surface area contributed by atoms with E-state index in [2.05, 4.69) is 0 Å². The van der Waals surface area contributed by atoms with E-state index in [1.165, 1.54) is 3.07 Å². The summed E-state index contributed by atoms with van der Waals surface area (Å²) in [5.74, 6) is 0. The summed E-state index contributed by atoms with van der Waals surface area (Å²) in [4.78, 5) is 10.5. The number of hydrogen-bond donors (Lipinski definition) is 0. The van der Waals surface area contributed by atoms with E-state index >= 15 is 0 Å². The first-order chi connectivity index (χ1) is 4.70. The molecule has 0 aliphatic rings. The van der Waals surface area contributed by atoms with Crippen molar-refractivity contribution >= 4 is 19.9 Å². The Kier molecular flexibility index (Phi) is 4.89. The first-order valence-corrected chi connectivity index (χ1v) is 5.94. The second-order valence-electron chi connectivity index (χ2n) is 1.97. The van der Waals surface area contributed by atoms with Gasteiger partial charge in [0.25, 0.3) is 0 Å². The summed E-state index contributed by atoms with van der Waals surface area (Å²) in [6.45, 7) is 0. The third kappa shape index (κ3) is 3.32. The summed E-state index contributed by atoms with van der Waals surface area (Å²) in [5, 5.41) is -0.381. The molecule has 0 atom stereocenters. The van der Waals surface area contributed by atoms with Crippen molar-refractivity contribution in [1.82, 2.24) is 0 Å². The molecule has 0 heterocycles. The molecule has 1 rings (SSSR count). The zero-order valence-corrected chi connectivity index (χ0v) is 12.1. The van der Waals surface area contributed by atoms with Gasteiger partial charge in [-0.15, -0.1) is 0 Å². The Morgan fingerprint density at radius 2 is 1.73 bits per heavy atom. The molecule has 0 aliphatic heterocycles. The monoisotopic (exact) mass is 359 g/mol. The van der Waals surface area contributed by atoms with Crippen molar-refractivity contribution in [2.75, 3.05) is 0 Å². The first kappa shape index (κ1) is 11.1. The number of halogens is 1. The molecule has 2 N–H and O–H groups in total. The van der Waals surface area contributed by atoms with Crippen LogP contribution in [0.4, 0.5) is 0 Å². The molecule has 0 amide bonds. The van der Waals surface area contributed by atoms with Gasteiger partial charge < -0.3 is 5.48 Å².